The lowest BCUT2D eigenvalue weighted by Gasteiger charge is -2.31. The van der Waals surface area contributed by atoms with Gasteiger partial charge >= 0.3 is 0 Å². The van der Waals surface area contributed by atoms with Crippen molar-refractivity contribution in [3.63, 3.8) is 0 Å². The second-order valence-electron chi connectivity index (χ2n) is 7.07. The lowest BCUT2D eigenvalue weighted by molar-refractivity contribution is 0.0914. The van der Waals surface area contributed by atoms with Gasteiger partial charge in [0.05, 0.1) is 5.69 Å². The van der Waals surface area contributed by atoms with Crippen molar-refractivity contribution in [2.45, 2.75) is 44.2 Å². The van der Waals surface area contributed by atoms with Crippen LogP contribution in [0.4, 0.5) is 0 Å². The second kappa shape index (κ2) is 7.18. The molecule has 132 valence electrons. The Kier molecular flexibility index (Phi) is 4.77. The van der Waals surface area contributed by atoms with Crippen LogP contribution in [0.1, 0.15) is 53.4 Å². The molecule has 1 N–H and O–H groups in total. The minimum absolute atomic E-state index is 0.146. The summed E-state index contributed by atoms with van der Waals surface area (Å²) in [6, 6.07) is 10.1. The van der Waals surface area contributed by atoms with Gasteiger partial charge in [-0.3, -0.25) is 9.69 Å². The van der Waals surface area contributed by atoms with E-state index in [-0.39, 0.29) is 5.91 Å². The smallest absolute Gasteiger partial charge is 0.290 e. The molecule has 2 aliphatic rings. The first-order chi connectivity index (χ1) is 12.2. The van der Waals surface area contributed by atoms with E-state index in [0.717, 1.165) is 56.0 Å². The van der Waals surface area contributed by atoms with E-state index < -0.39 is 0 Å². The maximum Gasteiger partial charge on any atom is 0.290 e. The summed E-state index contributed by atoms with van der Waals surface area (Å²) in [6.07, 6.45) is 4.31. The van der Waals surface area contributed by atoms with Gasteiger partial charge in [0, 0.05) is 36.1 Å². The molecule has 25 heavy (non-hydrogen) atoms. The zero-order valence-corrected chi connectivity index (χ0v) is 14.8. The SMILES string of the molecule is O=C(NC1CC1)c1cc([C@@H]2CCCN(Cc3cccc(Cl)c3)C2)no1. The summed E-state index contributed by atoms with van der Waals surface area (Å²) in [6.45, 7) is 2.86. The number of carbonyl (C=O) groups is 1. The molecule has 5 nitrogen and oxygen atoms in total. The van der Waals surface area contributed by atoms with E-state index in [1.165, 1.54) is 5.56 Å². The van der Waals surface area contributed by atoms with E-state index in [1.807, 2.05) is 24.3 Å². The molecule has 2 fully saturated rings. The number of likely N-dealkylation sites (tertiary alicyclic amines) is 1. The fourth-order valence-electron chi connectivity index (χ4n) is 3.41. The van der Waals surface area contributed by atoms with E-state index in [1.54, 1.807) is 0 Å². The molecule has 1 saturated heterocycles. The van der Waals surface area contributed by atoms with Crippen molar-refractivity contribution < 1.29 is 9.32 Å². The van der Waals surface area contributed by atoms with Gasteiger partial charge in [-0.2, -0.15) is 0 Å². The lowest BCUT2D eigenvalue weighted by Crippen LogP contribution is -2.34. The number of benzene rings is 1. The number of hydrogen-bond acceptors (Lipinski definition) is 4. The van der Waals surface area contributed by atoms with Gasteiger partial charge in [-0.25, -0.2) is 0 Å². The standard InChI is InChI=1S/C19H22ClN3O2/c20-15-5-1-3-13(9-15)11-23-8-2-4-14(12-23)17-10-18(25-22-17)19(24)21-16-6-7-16/h1,3,5,9-10,14,16H,2,4,6-8,11-12H2,(H,21,24)/t14-/m1/s1. The van der Waals surface area contributed by atoms with Crippen LogP contribution in [0.5, 0.6) is 0 Å². The molecular formula is C19H22ClN3O2. The number of rotatable bonds is 5. The molecule has 0 bridgehead atoms. The Hall–Kier alpha value is -1.85. The average Bonchev–Trinajstić information content (AvgIpc) is 3.27. The molecule has 2 heterocycles. The third kappa shape index (κ3) is 4.22. The quantitative estimate of drug-likeness (QED) is 0.886. The first kappa shape index (κ1) is 16.6. The molecule has 0 spiro atoms. The maximum atomic E-state index is 12.1. The van der Waals surface area contributed by atoms with Crippen LogP contribution in [-0.4, -0.2) is 35.1 Å². The molecule has 4 rings (SSSR count). The Morgan fingerprint density at radius 2 is 2.20 bits per heavy atom. The summed E-state index contributed by atoms with van der Waals surface area (Å²) in [4.78, 5) is 14.5. The zero-order valence-electron chi connectivity index (χ0n) is 14.1. The molecule has 1 aliphatic carbocycles. The predicted octanol–water partition coefficient (Wildman–Crippen LogP) is 3.60. The number of hydrogen-bond donors (Lipinski definition) is 1. The van der Waals surface area contributed by atoms with Crippen LogP contribution in [0.2, 0.25) is 5.02 Å². The number of amides is 1. The molecule has 1 atom stereocenters. The number of aromatic nitrogens is 1. The summed E-state index contributed by atoms with van der Waals surface area (Å²) < 4.78 is 5.28. The maximum absolute atomic E-state index is 12.1. The Morgan fingerprint density at radius 1 is 1.32 bits per heavy atom. The van der Waals surface area contributed by atoms with Crippen molar-refractivity contribution in [1.29, 1.82) is 0 Å². The zero-order chi connectivity index (χ0) is 17.2. The van der Waals surface area contributed by atoms with Crippen LogP contribution < -0.4 is 5.32 Å². The number of nitrogens with one attached hydrogen (secondary N) is 1. The molecule has 1 aromatic heterocycles. The van der Waals surface area contributed by atoms with Gasteiger partial charge in [-0.1, -0.05) is 28.9 Å². The van der Waals surface area contributed by atoms with Crippen LogP contribution >= 0.6 is 11.6 Å². The highest BCUT2D eigenvalue weighted by atomic mass is 35.5. The van der Waals surface area contributed by atoms with Gasteiger partial charge < -0.3 is 9.84 Å². The summed E-state index contributed by atoms with van der Waals surface area (Å²) in [5, 5.41) is 7.87. The van der Waals surface area contributed by atoms with E-state index in [4.69, 9.17) is 16.1 Å². The largest absolute Gasteiger partial charge is 0.351 e. The van der Waals surface area contributed by atoms with Crippen LogP contribution in [-0.2, 0) is 6.54 Å². The number of carbonyl (C=O) groups excluding carboxylic acids is 1. The predicted molar refractivity (Wildman–Crippen MR) is 95.7 cm³/mol. The summed E-state index contributed by atoms with van der Waals surface area (Å²) in [5.41, 5.74) is 2.11. The molecule has 0 radical (unpaired) electrons. The molecule has 1 amide bonds. The van der Waals surface area contributed by atoms with Crippen molar-refractivity contribution in [2.24, 2.45) is 0 Å². The highest BCUT2D eigenvalue weighted by Crippen LogP contribution is 2.28. The first-order valence-electron chi connectivity index (χ1n) is 8.91. The summed E-state index contributed by atoms with van der Waals surface area (Å²) in [7, 11) is 0. The first-order valence-corrected chi connectivity index (χ1v) is 9.29. The molecule has 2 aromatic rings. The number of halogens is 1. The highest BCUT2D eigenvalue weighted by Gasteiger charge is 2.28. The van der Waals surface area contributed by atoms with Crippen molar-refractivity contribution in [1.82, 2.24) is 15.4 Å². The van der Waals surface area contributed by atoms with Crippen molar-refractivity contribution >= 4 is 17.5 Å². The normalized spacial score (nSPS) is 21.2. The van der Waals surface area contributed by atoms with Crippen molar-refractivity contribution in [3.8, 4) is 0 Å². The van der Waals surface area contributed by atoms with Gasteiger partial charge in [-0.15, -0.1) is 0 Å². The molecular weight excluding hydrogens is 338 g/mol. The fourth-order valence-corrected chi connectivity index (χ4v) is 3.62. The van der Waals surface area contributed by atoms with E-state index in [2.05, 4.69) is 21.4 Å². The van der Waals surface area contributed by atoms with Gasteiger partial charge in [0.2, 0.25) is 5.76 Å². The minimum atomic E-state index is -0.146. The van der Waals surface area contributed by atoms with E-state index in [0.29, 0.717) is 17.7 Å². The molecule has 0 unspecified atom stereocenters. The van der Waals surface area contributed by atoms with Crippen molar-refractivity contribution in [3.05, 3.63) is 52.4 Å². The Labute approximate surface area is 152 Å². The summed E-state index contributed by atoms with van der Waals surface area (Å²) >= 11 is 6.08. The Balaban J connectivity index is 1.39. The van der Waals surface area contributed by atoms with Crippen molar-refractivity contribution in [2.75, 3.05) is 13.1 Å². The minimum Gasteiger partial charge on any atom is -0.351 e. The highest BCUT2D eigenvalue weighted by molar-refractivity contribution is 6.30. The number of piperidine rings is 1. The fraction of sp³-hybridized carbons (Fsp3) is 0.474. The molecule has 1 aromatic carbocycles. The van der Waals surface area contributed by atoms with Crippen LogP contribution in [0.15, 0.2) is 34.9 Å². The summed E-state index contributed by atoms with van der Waals surface area (Å²) in [5.74, 6) is 0.487. The van der Waals surface area contributed by atoms with Gasteiger partial charge in [0.25, 0.3) is 5.91 Å². The van der Waals surface area contributed by atoms with Gasteiger partial charge in [0.15, 0.2) is 0 Å². The molecule has 1 saturated carbocycles. The number of nitrogens with zero attached hydrogens (tertiary/aromatic N) is 2. The topological polar surface area (TPSA) is 58.4 Å². The van der Waals surface area contributed by atoms with Gasteiger partial charge in [-0.05, 0) is 49.9 Å². The Morgan fingerprint density at radius 3 is 3.00 bits per heavy atom. The average molecular weight is 360 g/mol. The molecule has 6 heteroatoms. The van der Waals surface area contributed by atoms with E-state index >= 15 is 0 Å². The lowest BCUT2D eigenvalue weighted by atomic mass is 9.94. The third-order valence-corrected chi connectivity index (χ3v) is 5.12. The van der Waals surface area contributed by atoms with Crippen LogP contribution in [0.25, 0.3) is 0 Å². The third-order valence-electron chi connectivity index (χ3n) is 4.88. The van der Waals surface area contributed by atoms with Crippen LogP contribution in [0.3, 0.4) is 0 Å². The molecule has 1 aliphatic heterocycles. The second-order valence-corrected chi connectivity index (χ2v) is 7.50. The van der Waals surface area contributed by atoms with Gasteiger partial charge in [0.1, 0.15) is 0 Å². The Bertz CT molecular complexity index is 757. The van der Waals surface area contributed by atoms with Crippen LogP contribution in [0, 0.1) is 0 Å². The van der Waals surface area contributed by atoms with E-state index in [9.17, 15) is 4.79 Å². The monoisotopic (exact) mass is 359 g/mol.